The normalized spacial score (nSPS) is 23.0. The molecular weight excluding hydrogens is 360 g/mol. The number of anilines is 1. The van der Waals surface area contributed by atoms with Crippen LogP contribution in [0.15, 0.2) is 42.6 Å². The SMILES string of the molecule is Cn1cccc1[C@H]1CCC[NH+]1CC(=O)N1CCN(c2cccc(Cl)c2)CC1. The van der Waals surface area contributed by atoms with Gasteiger partial charge in [-0.25, -0.2) is 0 Å². The van der Waals surface area contributed by atoms with Crippen LogP contribution >= 0.6 is 11.6 Å². The molecule has 27 heavy (non-hydrogen) atoms. The van der Waals surface area contributed by atoms with Crippen molar-refractivity contribution >= 4 is 23.2 Å². The minimum atomic E-state index is 0.289. The van der Waals surface area contributed by atoms with Crippen LogP contribution in [0.25, 0.3) is 0 Å². The molecule has 0 radical (unpaired) electrons. The summed E-state index contributed by atoms with van der Waals surface area (Å²) in [5.41, 5.74) is 2.49. The molecule has 144 valence electrons. The van der Waals surface area contributed by atoms with Gasteiger partial charge in [-0.3, -0.25) is 4.79 Å². The summed E-state index contributed by atoms with van der Waals surface area (Å²) in [5.74, 6) is 0.289. The lowest BCUT2D eigenvalue weighted by Gasteiger charge is -2.36. The Bertz CT molecular complexity index is 797. The van der Waals surface area contributed by atoms with Crippen LogP contribution in [-0.4, -0.2) is 54.6 Å². The van der Waals surface area contributed by atoms with Gasteiger partial charge in [0.25, 0.3) is 5.91 Å². The van der Waals surface area contributed by atoms with Crippen LogP contribution in [0.2, 0.25) is 5.02 Å². The maximum absolute atomic E-state index is 12.9. The third-order valence-corrected chi connectivity index (χ3v) is 6.24. The summed E-state index contributed by atoms with van der Waals surface area (Å²) in [6.45, 7) is 4.99. The van der Waals surface area contributed by atoms with Gasteiger partial charge in [0, 0.05) is 63.0 Å². The van der Waals surface area contributed by atoms with Gasteiger partial charge < -0.3 is 19.3 Å². The van der Waals surface area contributed by atoms with Crippen LogP contribution in [0.5, 0.6) is 0 Å². The number of carbonyl (C=O) groups is 1. The Morgan fingerprint density at radius 2 is 2.00 bits per heavy atom. The Kier molecular flexibility index (Phi) is 5.41. The number of rotatable bonds is 4. The first kappa shape index (κ1) is 18.4. The van der Waals surface area contributed by atoms with E-state index in [0.717, 1.165) is 43.4 Å². The molecule has 2 fully saturated rings. The molecule has 1 amide bonds. The highest BCUT2D eigenvalue weighted by atomic mass is 35.5. The van der Waals surface area contributed by atoms with Gasteiger partial charge in [0.15, 0.2) is 6.54 Å². The summed E-state index contributed by atoms with van der Waals surface area (Å²) < 4.78 is 2.20. The van der Waals surface area contributed by atoms with E-state index >= 15 is 0 Å². The maximum atomic E-state index is 12.9. The number of nitrogens with zero attached hydrogens (tertiary/aromatic N) is 3. The first-order valence-corrected chi connectivity index (χ1v) is 10.2. The molecule has 4 rings (SSSR count). The van der Waals surface area contributed by atoms with Crippen molar-refractivity contribution in [2.45, 2.75) is 18.9 Å². The standard InChI is InChI=1S/C21H27ClN4O/c1-23-9-3-7-19(23)20-8-4-10-26(20)16-21(27)25-13-11-24(12-14-25)18-6-2-5-17(22)15-18/h2-3,5-7,9,15,20H,4,8,10-14,16H2,1H3/p+1/t20-/m1/s1. The second-order valence-corrected chi connectivity index (χ2v) is 8.11. The summed E-state index contributed by atoms with van der Waals surface area (Å²) in [7, 11) is 2.10. The van der Waals surface area contributed by atoms with Gasteiger partial charge in [0.1, 0.15) is 6.04 Å². The van der Waals surface area contributed by atoms with Gasteiger partial charge >= 0.3 is 0 Å². The van der Waals surface area contributed by atoms with Crippen molar-refractivity contribution in [2.24, 2.45) is 7.05 Å². The van der Waals surface area contributed by atoms with E-state index in [0.29, 0.717) is 12.6 Å². The van der Waals surface area contributed by atoms with Gasteiger partial charge in [0.2, 0.25) is 0 Å². The number of hydrogen-bond acceptors (Lipinski definition) is 2. The number of likely N-dealkylation sites (tertiary alicyclic amines) is 1. The maximum Gasteiger partial charge on any atom is 0.277 e. The first-order chi connectivity index (χ1) is 13.1. The molecular formula is C21H28ClN4O+. The first-order valence-electron chi connectivity index (χ1n) is 9.86. The Balaban J connectivity index is 1.34. The molecule has 2 aliphatic heterocycles. The Morgan fingerprint density at radius 3 is 2.70 bits per heavy atom. The number of aromatic nitrogens is 1. The molecule has 1 aromatic heterocycles. The van der Waals surface area contributed by atoms with Crippen molar-refractivity contribution in [1.82, 2.24) is 9.47 Å². The smallest absolute Gasteiger partial charge is 0.277 e. The van der Waals surface area contributed by atoms with Crippen molar-refractivity contribution in [2.75, 3.05) is 44.2 Å². The van der Waals surface area contributed by atoms with Crippen molar-refractivity contribution < 1.29 is 9.69 Å². The van der Waals surface area contributed by atoms with Gasteiger partial charge in [-0.1, -0.05) is 17.7 Å². The fraction of sp³-hybridized carbons (Fsp3) is 0.476. The lowest BCUT2D eigenvalue weighted by Crippen LogP contribution is -3.11. The van der Waals surface area contributed by atoms with Crippen molar-refractivity contribution in [3.8, 4) is 0 Å². The van der Waals surface area contributed by atoms with E-state index in [2.05, 4.69) is 40.9 Å². The van der Waals surface area contributed by atoms with E-state index in [1.807, 2.05) is 23.1 Å². The number of piperazine rings is 1. The summed E-state index contributed by atoms with van der Waals surface area (Å²) in [6.07, 6.45) is 4.46. The molecule has 6 heteroatoms. The highest BCUT2D eigenvalue weighted by Gasteiger charge is 2.34. The van der Waals surface area contributed by atoms with Gasteiger partial charge in [0.05, 0.1) is 12.2 Å². The van der Waals surface area contributed by atoms with E-state index in [1.165, 1.54) is 23.4 Å². The number of halogens is 1. The van der Waals surface area contributed by atoms with E-state index in [9.17, 15) is 4.79 Å². The zero-order valence-electron chi connectivity index (χ0n) is 15.9. The predicted octanol–water partition coefficient (Wildman–Crippen LogP) is 1.75. The number of amides is 1. The van der Waals surface area contributed by atoms with Crippen LogP contribution in [-0.2, 0) is 11.8 Å². The molecule has 0 saturated carbocycles. The lowest BCUT2D eigenvalue weighted by molar-refractivity contribution is -0.911. The quantitative estimate of drug-likeness (QED) is 0.867. The van der Waals surface area contributed by atoms with Crippen LogP contribution in [0.1, 0.15) is 24.6 Å². The topological polar surface area (TPSA) is 32.9 Å². The number of hydrogen-bond donors (Lipinski definition) is 1. The number of quaternary nitrogens is 1. The van der Waals surface area contributed by atoms with E-state index in [4.69, 9.17) is 11.6 Å². The Hall–Kier alpha value is -1.98. The molecule has 5 nitrogen and oxygen atoms in total. The highest BCUT2D eigenvalue weighted by molar-refractivity contribution is 6.30. The molecule has 1 unspecified atom stereocenters. The molecule has 0 aliphatic carbocycles. The molecule has 0 spiro atoms. The molecule has 0 bridgehead atoms. The zero-order chi connectivity index (χ0) is 18.8. The van der Waals surface area contributed by atoms with Crippen LogP contribution < -0.4 is 9.80 Å². The third kappa shape index (κ3) is 3.99. The van der Waals surface area contributed by atoms with Crippen molar-refractivity contribution in [3.63, 3.8) is 0 Å². The van der Waals surface area contributed by atoms with Gasteiger partial charge in [-0.15, -0.1) is 0 Å². The van der Waals surface area contributed by atoms with E-state index in [1.54, 1.807) is 0 Å². The van der Waals surface area contributed by atoms with Crippen molar-refractivity contribution in [1.29, 1.82) is 0 Å². The Labute approximate surface area is 166 Å². The average Bonchev–Trinajstić information content (AvgIpc) is 3.30. The summed E-state index contributed by atoms with van der Waals surface area (Å²) in [6, 6.07) is 12.7. The molecule has 1 aromatic carbocycles. The molecule has 3 heterocycles. The van der Waals surface area contributed by atoms with Gasteiger partial charge in [-0.05, 0) is 30.3 Å². The third-order valence-electron chi connectivity index (χ3n) is 6.01. The minimum Gasteiger partial charge on any atom is -0.368 e. The average molecular weight is 388 g/mol. The van der Waals surface area contributed by atoms with Crippen LogP contribution in [0, 0.1) is 0 Å². The van der Waals surface area contributed by atoms with Crippen LogP contribution in [0.3, 0.4) is 0 Å². The predicted molar refractivity (Wildman–Crippen MR) is 108 cm³/mol. The molecule has 1 N–H and O–H groups in total. The van der Waals surface area contributed by atoms with Crippen molar-refractivity contribution in [3.05, 3.63) is 53.3 Å². The second kappa shape index (κ2) is 7.95. The molecule has 2 aromatic rings. The molecule has 2 saturated heterocycles. The van der Waals surface area contributed by atoms with Gasteiger partial charge in [-0.2, -0.15) is 0 Å². The van der Waals surface area contributed by atoms with E-state index in [-0.39, 0.29) is 5.91 Å². The highest BCUT2D eigenvalue weighted by Crippen LogP contribution is 2.21. The number of nitrogens with one attached hydrogen (secondary N) is 1. The fourth-order valence-corrected chi connectivity index (χ4v) is 4.69. The monoisotopic (exact) mass is 387 g/mol. The lowest BCUT2D eigenvalue weighted by atomic mass is 10.1. The fourth-order valence-electron chi connectivity index (χ4n) is 4.51. The molecule has 2 aliphatic rings. The number of benzene rings is 1. The second-order valence-electron chi connectivity index (χ2n) is 7.67. The summed E-state index contributed by atoms with van der Waals surface area (Å²) >= 11 is 6.11. The minimum absolute atomic E-state index is 0.289. The Morgan fingerprint density at radius 1 is 1.19 bits per heavy atom. The largest absolute Gasteiger partial charge is 0.368 e. The zero-order valence-corrected chi connectivity index (χ0v) is 16.7. The number of carbonyl (C=O) groups excluding carboxylic acids is 1. The summed E-state index contributed by atoms with van der Waals surface area (Å²) in [4.78, 5) is 18.7. The van der Waals surface area contributed by atoms with E-state index < -0.39 is 0 Å². The molecule has 2 atom stereocenters. The van der Waals surface area contributed by atoms with Crippen LogP contribution in [0.4, 0.5) is 5.69 Å². The number of aryl methyl sites for hydroxylation is 1. The summed E-state index contributed by atoms with van der Waals surface area (Å²) in [5, 5.41) is 0.760.